The monoisotopic (exact) mass is 418 g/mol. The third kappa shape index (κ3) is 4.46. The van der Waals surface area contributed by atoms with Gasteiger partial charge in [-0.15, -0.1) is 0 Å². The van der Waals surface area contributed by atoms with E-state index in [2.05, 4.69) is 68.8 Å². The van der Waals surface area contributed by atoms with Gasteiger partial charge in [-0.1, -0.05) is 6.07 Å². The fourth-order valence-electron chi connectivity index (χ4n) is 5.14. The molecule has 2 fully saturated rings. The fraction of sp³-hybridized carbons (Fsp3) is 0.520. The zero-order valence-corrected chi connectivity index (χ0v) is 18.8. The van der Waals surface area contributed by atoms with Crippen LogP contribution in [0.4, 0.5) is 5.82 Å². The molecule has 2 saturated heterocycles. The van der Waals surface area contributed by atoms with Crippen LogP contribution in [0.5, 0.6) is 0 Å². The molecular weight excluding hydrogens is 384 g/mol. The summed E-state index contributed by atoms with van der Waals surface area (Å²) in [4.78, 5) is 20.7. The van der Waals surface area contributed by atoms with E-state index in [0.717, 1.165) is 53.9 Å². The molecule has 5 rings (SSSR count). The minimum atomic E-state index is 0.673. The molecule has 3 aromatic heterocycles. The van der Waals surface area contributed by atoms with Crippen molar-refractivity contribution in [2.45, 2.75) is 45.2 Å². The molecule has 5 heterocycles. The molecule has 0 bridgehead atoms. The molecule has 2 aliphatic heterocycles. The van der Waals surface area contributed by atoms with Gasteiger partial charge in [0.05, 0.1) is 22.4 Å². The molecule has 0 saturated carbocycles. The van der Waals surface area contributed by atoms with Crippen LogP contribution in [0.25, 0.3) is 22.4 Å². The summed E-state index contributed by atoms with van der Waals surface area (Å²) in [7, 11) is 0. The number of nitrogens with zero attached hydrogens (tertiary/aromatic N) is 5. The number of aromatic nitrogens is 3. The maximum atomic E-state index is 5.01. The molecule has 0 radical (unpaired) electrons. The van der Waals surface area contributed by atoms with Crippen molar-refractivity contribution < 1.29 is 0 Å². The summed E-state index contributed by atoms with van der Waals surface area (Å²) in [6, 6.07) is 13.9. The van der Waals surface area contributed by atoms with E-state index in [0.29, 0.717) is 6.04 Å². The van der Waals surface area contributed by atoms with Crippen molar-refractivity contribution in [3.05, 3.63) is 42.6 Å². The maximum Gasteiger partial charge on any atom is 0.129 e. The fourth-order valence-corrected chi connectivity index (χ4v) is 5.14. The molecule has 3 aromatic rings. The molecule has 0 amide bonds. The number of hydrogen-bond donors (Lipinski definition) is 1. The van der Waals surface area contributed by atoms with Gasteiger partial charge < -0.3 is 14.8 Å². The Hall–Kier alpha value is -2.44. The molecule has 0 aromatic carbocycles. The van der Waals surface area contributed by atoms with Crippen molar-refractivity contribution in [1.29, 1.82) is 0 Å². The number of likely N-dealkylation sites (tertiary alicyclic amines) is 1. The Bertz CT molecular complexity index is 971. The number of fused-ring (bicyclic) bond motifs is 1. The number of H-pyrrole nitrogens is 1. The number of nitrogens with one attached hydrogen (secondary N) is 1. The van der Waals surface area contributed by atoms with Gasteiger partial charge in [-0.3, -0.25) is 9.88 Å². The average Bonchev–Trinajstić information content (AvgIpc) is 3.09. The van der Waals surface area contributed by atoms with Crippen LogP contribution in [0, 0.1) is 0 Å². The lowest BCUT2D eigenvalue weighted by Crippen LogP contribution is -2.47. The lowest BCUT2D eigenvalue weighted by atomic mass is 10.0. The Kier molecular flexibility index (Phi) is 5.92. The van der Waals surface area contributed by atoms with E-state index in [1.165, 1.54) is 38.9 Å². The van der Waals surface area contributed by atoms with Gasteiger partial charge in [0.15, 0.2) is 0 Å². The van der Waals surface area contributed by atoms with E-state index in [1.54, 1.807) is 0 Å². The second kappa shape index (κ2) is 8.97. The van der Waals surface area contributed by atoms with E-state index in [1.807, 2.05) is 12.3 Å². The molecule has 0 aliphatic carbocycles. The Morgan fingerprint density at radius 2 is 1.84 bits per heavy atom. The first-order valence-corrected chi connectivity index (χ1v) is 11.8. The Labute approximate surface area is 185 Å². The second-order valence-electron chi connectivity index (χ2n) is 9.24. The van der Waals surface area contributed by atoms with E-state index in [-0.39, 0.29) is 0 Å². The summed E-state index contributed by atoms with van der Waals surface area (Å²) in [5, 5.41) is 0. The first-order valence-electron chi connectivity index (χ1n) is 11.8. The third-order valence-electron chi connectivity index (χ3n) is 7.00. The zero-order valence-electron chi connectivity index (χ0n) is 18.8. The van der Waals surface area contributed by atoms with Crippen LogP contribution in [0.15, 0.2) is 42.6 Å². The van der Waals surface area contributed by atoms with Gasteiger partial charge in [0, 0.05) is 44.5 Å². The van der Waals surface area contributed by atoms with Gasteiger partial charge in [-0.25, -0.2) is 4.98 Å². The second-order valence-corrected chi connectivity index (χ2v) is 9.24. The third-order valence-corrected chi connectivity index (χ3v) is 7.00. The Morgan fingerprint density at radius 3 is 2.65 bits per heavy atom. The largest absolute Gasteiger partial charge is 0.355 e. The lowest BCUT2D eigenvalue weighted by Gasteiger charge is -2.39. The quantitative estimate of drug-likeness (QED) is 0.694. The van der Waals surface area contributed by atoms with Crippen molar-refractivity contribution >= 4 is 16.9 Å². The number of pyridine rings is 2. The van der Waals surface area contributed by atoms with Crippen LogP contribution < -0.4 is 4.90 Å². The minimum absolute atomic E-state index is 0.673. The van der Waals surface area contributed by atoms with Crippen LogP contribution in [0.3, 0.4) is 0 Å². The maximum absolute atomic E-state index is 5.01. The molecule has 2 aliphatic rings. The molecule has 31 heavy (non-hydrogen) atoms. The number of aromatic amines is 1. The van der Waals surface area contributed by atoms with Gasteiger partial charge in [-0.2, -0.15) is 0 Å². The minimum Gasteiger partial charge on any atom is -0.355 e. The van der Waals surface area contributed by atoms with Gasteiger partial charge in [0.2, 0.25) is 0 Å². The van der Waals surface area contributed by atoms with E-state index in [9.17, 15) is 0 Å². The van der Waals surface area contributed by atoms with Crippen LogP contribution in [-0.2, 0) is 0 Å². The first-order chi connectivity index (χ1) is 15.2. The van der Waals surface area contributed by atoms with Gasteiger partial charge in [0.1, 0.15) is 5.82 Å². The Morgan fingerprint density at radius 1 is 0.968 bits per heavy atom. The first kappa shape index (κ1) is 20.5. The number of anilines is 1. The van der Waals surface area contributed by atoms with Crippen molar-refractivity contribution in [3.8, 4) is 11.4 Å². The summed E-state index contributed by atoms with van der Waals surface area (Å²) in [6.45, 7) is 11.6. The zero-order chi connectivity index (χ0) is 21.2. The molecule has 6 heteroatoms. The van der Waals surface area contributed by atoms with Gasteiger partial charge in [0.25, 0.3) is 0 Å². The summed E-state index contributed by atoms with van der Waals surface area (Å²) in [5.41, 5.74) is 4.05. The molecule has 6 nitrogen and oxygen atoms in total. The number of piperidine rings is 1. The van der Waals surface area contributed by atoms with Crippen molar-refractivity contribution in [3.63, 3.8) is 0 Å². The normalized spacial score (nSPS) is 19.9. The molecule has 0 atom stereocenters. The van der Waals surface area contributed by atoms with Crippen LogP contribution in [0.2, 0.25) is 0 Å². The summed E-state index contributed by atoms with van der Waals surface area (Å²) in [6.07, 6.45) is 5.65. The lowest BCUT2D eigenvalue weighted by molar-refractivity contribution is 0.0965. The van der Waals surface area contributed by atoms with E-state index >= 15 is 0 Å². The van der Waals surface area contributed by atoms with E-state index in [4.69, 9.17) is 4.98 Å². The molecule has 164 valence electrons. The van der Waals surface area contributed by atoms with Crippen LogP contribution >= 0.6 is 0 Å². The Balaban J connectivity index is 1.26. The van der Waals surface area contributed by atoms with Crippen molar-refractivity contribution in [2.24, 2.45) is 0 Å². The summed E-state index contributed by atoms with van der Waals surface area (Å²) in [5.74, 6) is 1.08. The molecule has 0 spiro atoms. The highest BCUT2D eigenvalue weighted by molar-refractivity contribution is 5.81. The van der Waals surface area contributed by atoms with Crippen molar-refractivity contribution in [2.75, 3.05) is 44.2 Å². The standard InChI is InChI=1S/C25H34N6/c1-19(2)29-14-9-20(10-15-29)30-12-5-13-31(17-16-30)25-8-3-6-22(28-25)24-18-23-21(27-24)7-4-11-26-23/h3-4,6-8,11,18-20,27H,5,9-10,12-17H2,1-2H3. The smallest absolute Gasteiger partial charge is 0.129 e. The van der Waals surface area contributed by atoms with Gasteiger partial charge in [-0.05, 0) is 76.5 Å². The molecule has 1 N–H and O–H groups in total. The molecule has 0 unspecified atom stereocenters. The topological polar surface area (TPSA) is 51.3 Å². The highest BCUT2D eigenvalue weighted by atomic mass is 15.3. The highest BCUT2D eigenvalue weighted by Gasteiger charge is 2.27. The molecular formula is C25H34N6. The predicted octanol–water partition coefficient (Wildman–Crippen LogP) is 4.01. The summed E-state index contributed by atoms with van der Waals surface area (Å²) >= 11 is 0. The van der Waals surface area contributed by atoms with E-state index < -0.39 is 0 Å². The summed E-state index contributed by atoms with van der Waals surface area (Å²) < 4.78 is 0. The number of rotatable bonds is 4. The van der Waals surface area contributed by atoms with Crippen molar-refractivity contribution in [1.82, 2.24) is 24.8 Å². The van der Waals surface area contributed by atoms with Crippen LogP contribution in [0.1, 0.15) is 33.1 Å². The van der Waals surface area contributed by atoms with Crippen LogP contribution in [-0.4, -0.2) is 76.1 Å². The average molecular weight is 419 g/mol. The van der Waals surface area contributed by atoms with Gasteiger partial charge >= 0.3 is 0 Å². The number of hydrogen-bond acceptors (Lipinski definition) is 5. The predicted molar refractivity (Wildman–Crippen MR) is 127 cm³/mol. The highest BCUT2D eigenvalue weighted by Crippen LogP contribution is 2.25. The SMILES string of the molecule is CC(C)N1CCC(N2CCCN(c3cccc(-c4cc5ncccc5[nH]4)n3)CC2)CC1.